The third kappa shape index (κ3) is 6.21. The van der Waals surface area contributed by atoms with Gasteiger partial charge in [-0.25, -0.2) is 5.56 Å². The molecule has 0 unspecified atom stereocenters. The minimum atomic E-state index is 0. The van der Waals surface area contributed by atoms with Gasteiger partial charge in [0.05, 0.1) is 5.69 Å². The van der Waals surface area contributed by atoms with E-state index in [1.807, 2.05) is 0 Å². The molecule has 0 fully saturated rings. The summed E-state index contributed by atoms with van der Waals surface area (Å²) in [6.45, 7) is 13.6. The van der Waals surface area contributed by atoms with Crippen molar-refractivity contribution >= 4 is 44.9 Å². The van der Waals surface area contributed by atoms with Gasteiger partial charge in [-0.2, -0.15) is 35.9 Å². The largest absolute Gasteiger partial charge is 3.00 e. The van der Waals surface area contributed by atoms with E-state index in [0.717, 1.165) is 50.2 Å². The van der Waals surface area contributed by atoms with Gasteiger partial charge in [0.1, 0.15) is 0 Å². The molecule has 2 nitrogen and oxygen atoms in total. The van der Waals surface area contributed by atoms with Crippen LogP contribution < -0.4 is 21.4 Å². The predicted octanol–water partition coefficient (Wildman–Crippen LogP) is 10.0. The summed E-state index contributed by atoms with van der Waals surface area (Å²) in [5.41, 5.74) is 16.8. The molecule has 0 N–H and O–H groups in total. The molecule has 0 radical (unpaired) electrons. The fourth-order valence-electron chi connectivity index (χ4n) is 7.82. The van der Waals surface area contributed by atoms with Crippen LogP contribution in [0.4, 0.5) is 0 Å². The quantitative estimate of drug-likeness (QED) is 0.130. The Kier molecular flexibility index (Phi) is 8.73. The van der Waals surface area contributed by atoms with E-state index in [0.29, 0.717) is 0 Å². The Bertz CT molecular complexity index is 2550. The standard InChI is InChI=1S/C49H40BN2.Au/c1-48(2,3)36-20-16-31(17-21-36)33-28-34(32-18-22-37(23-19-32)49(4,5)6)30-35(29-33)43-27-26-42-47(51-43)45-41(50(42)38-12-8-7-9-13-38)25-24-40-39-14-10-11-15-44(39)52-46(40)45;/h7-18,20-29H,1-6H3;/q-3;+3. The molecular formula is C49H40AuBN2. The zero-order valence-electron chi connectivity index (χ0n) is 31.0. The third-order valence-corrected chi connectivity index (χ3v) is 10.8. The molecule has 0 amide bonds. The fraction of sp³-hybridized carbons (Fsp3) is 0.163. The molecule has 53 heavy (non-hydrogen) atoms. The van der Waals surface area contributed by atoms with Crippen LogP contribution in [0.1, 0.15) is 52.7 Å². The molecule has 0 saturated heterocycles. The van der Waals surface area contributed by atoms with Crippen molar-refractivity contribution in [1.82, 2.24) is 9.97 Å². The van der Waals surface area contributed by atoms with Crippen LogP contribution in [-0.4, -0.2) is 11.7 Å². The summed E-state index contributed by atoms with van der Waals surface area (Å²) < 4.78 is 0. The molecule has 0 bridgehead atoms. The molecule has 3 heterocycles. The molecule has 260 valence electrons. The molecule has 0 atom stereocenters. The normalized spacial score (nSPS) is 12.5. The Labute approximate surface area is 329 Å². The second kappa shape index (κ2) is 13.2. The van der Waals surface area contributed by atoms with Gasteiger partial charge in [0.15, 0.2) is 0 Å². The van der Waals surface area contributed by atoms with Crippen molar-refractivity contribution in [1.29, 1.82) is 0 Å². The van der Waals surface area contributed by atoms with Crippen LogP contribution in [0.3, 0.4) is 0 Å². The van der Waals surface area contributed by atoms with Gasteiger partial charge in [0, 0.05) is 5.69 Å². The molecule has 8 aromatic rings. The van der Waals surface area contributed by atoms with E-state index in [9.17, 15) is 0 Å². The van der Waals surface area contributed by atoms with Crippen molar-refractivity contribution in [3.63, 3.8) is 0 Å². The zero-order chi connectivity index (χ0) is 35.8. The van der Waals surface area contributed by atoms with E-state index >= 15 is 0 Å². The van der Waals surface area contributed by atoms with Crippen LogP contribution in [-0.2, 0) is 33.2 Å². The van der Waals surface area contributed by atoms with E-state index < -0.39 is 0 Å². The number of aromatic nitrogens is 2. The maximum atomic E-state index is 5.54. The second-order valence-corrected chi connectivity index (χ2v) is 16.3. The molecule has 9 rings (SSSR count). The molecule has 0 saturated carbocycles. The van der Waals surface area contributed by atoms with Crippen molar-refractivity contribution in [3.05, 3.63) is 157 Å². The molecule has 2 aromatic heterocycles. The number of rotatable bonds is 4. The first kappa shape index (κ1) is 35.1. The van der Waals surface area contributed by atoms with Gasteiger partial charge >= 0.3 is 22.4 Å². The summed E-state index contributed by atoms with van der Waals surface area (Å²) in [6.07, 6.45) is 0. The number of nitrogens with zero attached hydrogens (tertiary/aromatic N) is 2. The molecule has 0 aliphatic carbocycles. The van der Waals surface area contributed by atoms with Crippen molar-refractivity contribution < 1.29 is 22.4 Å². The predicted molar refractivity (Wildman–Crippen MR) is 220 cm³/mol. The topological polar surface area (TPSA) is 27.0 Å². The van der Waals surface area contributed by atoms with Gasteiger partial charge in [0.25, 0.3) is 0 Å². The Hall–Kier alpha value is -4.92. The number of hydrogen-bond donors (Lipinski definition) is 0. The number of benzene rings is 6. The van der Waals surface area contributed by atoms with Gasteiger partial charge in [-0.1, -0.05) is 161 Å². The van der Waals surface area contributed by atoms with E-state index in [1.54, 1.807) is 0 Å². The van der Waals surface area contributed by atoms with Gasteiger partial charge in [-0.05, 0) is 43.8 Å². The number of para-hydroxylation sites is 1. The smallest absolute Gasteiger partial charge is 0.656 e. The van der Waals surface area contributed by atoms with Crippen molar-refractivity contribution in [2.75, 3.05) is 0 Å². The van der Waals surface area contributed by atoms with Gasteiger partial charge in [-0.3, -0.25) is 4.98 Å². The van der Waals surface area contributed by atoms with Crippen LogP contribution >= 0.6 is 0 Å². The van der Waals surface area contributed by atoms with Crippen LogP contribution in [0.5, 0.6) is 0 Å². The SMILES string of the molecule is CC(C)(C)c1c[c-]c(-c2[c-]c(-c3ccc4c(n3)-c3c(ccc5c3[n-]c3ccccc35)B4c3ccccc3)cc(-c3ccc(C(C)(C)C)cc3)c2)cc1.[Au+3]. The first-order valence-corrected chi connectivity index (χ1v) is 18.3. The molecule has 1 aliphatic rings. The maximum Gasteiger partial charge on any atom is 3.00 e. The van der Waals surface area contributed by atoms with Crippen LogP contribution in [0, 0.1) is 12.1 Å². The summed E-state index contributed by atoms with van der Waals surface area (Å²) >= 11 is 0. The van der Waals surface area contributed by atoms with Crippen molar-refractivity contribution in [2.24, 2.45) is 0 Å². The maximum absolute atomic E-state index is 5.54. The van der Waals surface area contributed by atoms with E-state index in [4.69, 9.17) is 9.97 Å². The Morgan fingerprint density at radius 3 is 1.98 bits per heavy atom. The molecule has 4 heteroatoms. The zero-order valence-corrected chi connectivity index (χ0v) is 33.1. The summed E-state index contributed by atoms with van der Waals surface area (Å²) in [6, 6.07) is 55.7. The van der Waals surface area contributed by atoms with Crippen LogP contribution in [0.25, 0.3) is 66.6 Å². The summed E-state index contributed by atoms with van der Waals surface area (Å²) in [5, 5.41) is 2.35. The number of hydrogen-bond acceptors (Lipinski definition) is 1. The first-order chi connectivity index (χ1) is 25.0. The van der Waals surface area contributed by atoms with Crippen molar-refractivity contribution in [3.8, 4) is 44.8 Å². The number of pyridine rings is 1. The van der Waals surface area contributed by atoms with E-state index in [-0.39, 0.29) is 39.9 Å². The molecule has 6 aromatic carbocycles. The van der Waals surface area contributed by atoms with E-state index in [2.05, 4.69) is 187 Å². The Morgan fingerprint density at radius 1 is 0.585 bits per heavy atom. The van der Waals surface area contributed by atoms with Crippen LogP contribution in [0.2, 0.25) is 0 Å². The summed E-state index contributed by atoms with van der Waals surface area (Å²) in [7, 11) is 0. The Balaban J connectivity index is 0.00000400. The Morgan fingerprint density at radius 2 is 1.26 bits per heavy atom. The minimum absolute atomic E-state index is 0. The van der Waals surface area contributed by atoms with Crippen LogP contribution in [0.15, 0.2) is 133 Å². The molecular weight excluding hydrogens is 824 g/mol. The average molecular weight is 865 g/mol. The average Bonchev–Trinajstić information content (AvgIpc) is 3.70. The monoisotopic (exact) mass is 864 g/mol. The third-order valence-electron chi connectivity index (χ3n) is 10.8. The fourth-order valence-corrected chi connectivity index (χ4v) is 7.82. The van der Waals surface area contributed by atoms with Crippen molar-refractivity contribution in [2.45, 2.75) is 52.4 Å². The van der Waals surface area contributed by atoms with E-state index in [1.165, 1.54) is 43.9 Å². The number of fused-ring (bicyclic) bond motifs is 7. The molecule has 0 spiro atoms. The minimum Gasteiger partial charge on any atom is -0.656 e. The summed E-state index contributed by atoms with van der Waals surface area (Å²) in [4.78, 5) is 10.8. The van der Waals surface area contributed by atoms with Gasteiger partial charge < -0.3 is 4.98 Å². The first-order valence-electron chi connectivity index (χ1n) is 18.3. The summed E-state index contributed by atoms with van der Waals surface area (Å²) in [5.74, 6) is 0. The van der Waals surface area contributed by atoms with Gasteiger partial charge in [-0.15, -0.1) is 34.3 Å². The second-order valence-electron chi connectivity index (χ2n) is 16.3. The van der Waals surface area contributed by atoms with Gasteiger partial charge in [0.2, 0.25) is 6.71 Å². The molecule has 1 aliphatic heterocycles.